The average Bonchev–Trinajstić information content (AvgIpc) is 2.85. The zero-order chi connectivity index (χ0) is 10.7. The average molecular weight is 242 g/mol. The highest BCUT2D eigenvalue weighted by Crippen LogP contribution is 2.41. The summed E-state index contributed by atoms with van der Waals surface area (Å²) in [6.07, 6.45) is 3.64. The second kappa shape index (κ2) is 4.87. The molecular formula is C11H18N2S2. The summed E-state index contributed by atoms with van der Waals surface area (Å²) in [5.41, 5.74) is 4.41. The van der Waals surface area contributed by atoms with Crippen LogP contribution in [0.25, 0.3) is 0 Å². The van der Waals surface area contributed by atoms with Crippen LogP contribution in [-0.2, 0) is 6.42 Å². The maximum atomic E-state index is 5.69. The third-order valence-electron chi connectivity index (χ3n) is 3.21. The van der Waals surface area contributed by atoms with E-state index in [4.69, 9.17) is 5.84 Å². The number of nitrogens with two attached hydrogens (primary N) is 1. The molecule has 3 N–H and O–H groups in total. The predicted octanol–water partition coefficient (Wildman–Crippen LogP) is 2.41. The van der Waals surface area contributed by atoms with Crippen LogP contribution >= 0.6 is 23.1 Å². The highest BCUT2D eigenvalue weighted by Gasteiger charge is 2.37. The lowest BCUT2D eigenvalue weighted by atomic mass is 9.92. The number of rotatable bonds is 4. The molecule has 0 saturated carbocycles. The van der Waals surface area contributed by atoms with Crippen molar-refractivity contribution in [1.82, 2.24) is 5.43 Å². The molecule has 84 valence electrons. The molecule has 1 fully saturated rings. The monoisotopic (exact) mass is 242 g/mol. The highest BCUT2D eigenvalue weighted by atomic mass is 32.2. The number of hydrogen-bond acceptors (Lipinski definition) is 4. The molecule has 2 heterocycles. The summed E-state index contributed by atoms with van der Waals surface area (Å²) >= 11 is 3.82. The van der Waals surface area contributed by atoms with Crippen molar-refractivity contribution in [2.75, 3.05) is 5.75 Å². The summed E-state index contributed by atoms with van der Waals surface area (Å²) in [6.45, 7) is 2.33. The summed E-state index contributed by atoms with van der Waals surface area (Å²) in [6, 6.07) is 2.58. The Labute approximate surface area is 99.6 Å². The molecule has 15 heavy (non-hydrogen) atoms. The summed E-state index contributed by atoms with van der Waals surface area (Å²) in [5, 5.41) is 4.35. The lowest BCUT2D eigenvalue weighted by molar-refractivity contribution is 0.406. The number of hydrazine groups is 1. The minimum Gasteiger partial charge on any atom is -0.271 e. The molecule has 2 nitrogen and oxygen atoms in total. The van der Waals surface area contributed by atoms with Crippen LogP contribution in [0.15, 0.2) is 16.8 Å². The van der Waals surface area contributed by atoms with E-state index in [1.54, 1.807) is 11.3 Å². The van der Waals surface area contributed by atoms with Gasteiger partial charge in [0.25, 0.3) is 0 Å². The fourth-order valence-corrected chi connectivity index (χ4v) is 4.25. The lowest BCUT2D eigenvalue weighted by Gasteiger charge is -2.32. The maximum absolute atomic E-state index is 5.69. The maximum Gasteiger partial charge on any atom is 0.0395 e. The molecule has 2 rings (SSSR count). The molecule has 0 spiro atoms. The fraction of sp³-hybridized carbons (Fsp3) is 0.636. The van der Waals surface area contributed by atoms with E-state index in [0.29, 0.717) is 10.8 Å². The van der Waals surface area contributed by atoms with E-state index in [-0.39, 0.29) is 0 Å². The first kappa shape index (κ1) is 11.5. The topological polar surface area (TPSA) is 38.0 Å². The number of nitrogens with one attached hydrogen (secondary N) is 1. The van der Waals surface area contributed by atoms with E-state index in [1.165, 1.54) is 24.2 Å². The molecule has 0 amide bonds. The molecule has 1 aromatic rings. The SMILES string of the molecule is CC1(C(Cc2ccsc2)NN)CCCS1. The molecule has 4 heteroatoms. The van der Waals surface area contributed by atoms with E-state index >= 15 is 0 Å². The van der Waals surface area contributed by atoms with Gasteiger partial charge < -0.3 is 0 Å². The second-order valence-corrected chi connectivity index (χ2v) is 6.73. The van der Waals surface area contributed by atoms with Crippen LogP contribution in [-0.4, -0.2) is 16.5 Å². The predicted molar refractivity (Wildman–Crippen MR) is 69.2 cm³/mol. The van der Waals surface area contributed by atoms with Crippen LogP contribution < -0.4 is 11.3 Å². The molecule has 1 aromatic heterocycles. The van der Waals surface area contributed by atoms with Gasteiger partial charge in [-0.15, -0.1) is 0 Å². The Bertz CT molecular complexity index is 292. The summed E-state index contributed by atoms with van der Waals surface area (Å²) in [7, 11) is 0. The van der Waals surface area contributed by atoms with Gasteiger partial charge in [0.2, 0.25) is 0 Å². The Morgan fingerprint density at radius 3 is 3.07 bits per heavy atom. The molecule has 1 aliphatic heterocycles. The molecule has 2 atom stereocenters. The quantitative estimate of drug-likeness (QED) is 0.629. The first-order valence-corrected chi connectivity index (χ1v) is 7.28. The Kier molecular flexibility index (Phi) is 3.72. The lowest BCUT2D eigenvalue weighted by Crippen LogP contribution is -2.49. The molecule has 1 aliphatic rings. The van der Waals surface area contributed by atoms with Crippen molar-refractivity contribution < 1.29 is 0 Å². The van der Waals surface area contributed by atoms with Gasteiger partial charge in [0.1, 0.15) is 0 Å². The van der Waals surface area contributed by atoms with Gasteiger partial charge in [0.15, 0.2) is 0 Å². The van der Waals surface area contributed by atoms with Gasteiger partial charge in [0.05, 0.1) is 0 Å². The van der Waals surface area contributed by atoms with Crippen molar-refractivity contribution in [3.63, 3.8) is 0 Å². The number of thiophene rings is 1. The first-order chi connectivity index (χ1) is 7.24. The van der Waals surface area contributed by atoms with E-state index < -0.39 is 0 Å². The summed E-state index contributed by atoms with van der Waals surface area (Å²) in [4.78, 5) is 0. The molecule has 0 radical (unpaired) electrons. The van der Waals surface area contributed by atoms with Gasteiger partial charge in [-0.2, -0.15) is 23.1 Å². The van der Waals surface area contributed by atoms with E-state index in [1.807, 2.05) is 0 Å². The molecular weight excluding hydrogens is 224 g/mol. The third-order valence-corrected chi connectivity index (χ3v) is 5.58. The van der Waals surface area contributed by atoms with E-state index in [2.05, 4.69) is 40.9 Å². The first-order valence-electron chi connectivity index (χ1n) is 5.36. The molecule has 1 saturated heterocycles. The Hall–Kier alpha value is -0.0300. The Morgan fingerprint density at radius 1 is 1.67 bits per heavy atom. The number of thioether (sulfide) groups is 1. The standard InChI is InChI=1S/C11H18N2S2/c1-11(4-2-5-15-11)10(13-12)7-9-3-6-14-8-9/h3,6,8,10,13H,2,4-5,7,12H2,1H3. The van der Waals surface area contributed by atoms with Crippen molar-refractivity contribution in [2.24, 2.45) is 5.84 Å². The summed E-state index contributed by atoms with van der Waals surface area (Å²) < 4.78 is 0.316. The normalized spacial score (nSPS) is 28.1. The molecule has 0 aliphatic carbocycles. The third kappa shape index (κ3) is 2.56. The Balaban J connectivity index is 2.03. The van der Waals surface area contributed by atoms with Crippen molar-refractivity contribution in [2.45, 2.75) is 37.0 Å². The fourth-order valence-electron chi connectivity index (χ4n) is 2.17. The molecule has 2 unspecified atom stereocenters. The van der Waals surface area contributed by atoms with Crippen LogP contribution in [0, 0.1) is 0 Å². The van der Waals surface area contributed by atoms with Crippen LogP contribution in [0.1, 0.15) is 25.3 Å². The van der Waals surface area contributed by atoms with Crippen molar-refractivity contribution in [1.29, 1.82) is 0 Å². The van der Waals surface area contributed by atoms with Crippen molar-refractivity contribution in [3.8, 4) is 0 Å². The van der Waals surface area contributed by atoms with Gasteiger partial charge in [-0.05, 0) is 54.3 Å². The molecule has 0 bridgehead atoms. The van der Waals surface area contributed by atoms with Crippen LogP contribution in [0.5, 0.6) is 0 Å². The summed E-state index contributed by atoms with van der Waals surface area (Å²) in [5.74, 6) is 6.97. The van der Waals surface area contributed by atoms with Gasteiger partial charge in [-0.3, -0.25) is 11.3 Å². The second-order valence-electron chi connectivity index (χ2n) is 4.32. The molecule has 0 aromatic carbocycles. The van der Waals surface area contributed by atoms with Gasteiger partial charge >= 0.3 is 0 Å². The van der Waals surface area contributed by atoms with E-state index in [0.717, 1.165) is 6.42 Å². The zero-order valence-electron chi connectivity index (χ0n) is 9.03. The van der Waals surface area contributed by atoms with E-state index in [9.17, 15) is 0 Å². The zero-order valence-corrected chi connectivity index (χ0v) is 10.7. The highest BCUT2D eigenvalue weighted by molar-refractivity contribution is 8.00. The largest absolute Gasteiger partial charge is 0.271 e. The Morgan fingerprint density at radius 2 is 2.53 bits per heavy atom. The van der Waals surface area contributed by atoms with Crippen LogP contribution in [0.2, 0.25) is 0 Å². The minimum atomic E-state index is 0.316. The van der Waals surface area contributed by atoms with Crippen molar-refractivity contribution in [3.05, 3.63) is 22.4 Å². The van der Waals surface area contributed by atoms with Gasteiger partial charge in [-0.1, -0.05) is 0 Å². The minimum absolute atomic E-state index is 0.316. The van der Waals surface area contributed by atoms with Gasteiger partial charge in [0, 0.05) is 10.8 Å². The van der Waals surface area contributed by atoms with Crippen LogP contribution in [0.4, 0.5) is 0 Å². The van der Waals surface area contributed by atoms with Crippen LogP contribution in [0.3, 0.4) is 0 Å². The van der Waals surface area contributed by atoms with Gasteiger partial charge in [-0.25, -0.2) is 0 Å². The van der Waals surface area contributed by atoms with Crippen molar-refractivity contribution >= 4 is 23.1 Å². The number of hydrogen-bond donors (Lipinski definition) is 2. The smallest absolute Gasteiger partial charge is 0.0395 e.